The highest BCUT2D eigenvalue weighted by Crippen LogP contribution is 2.37. The molecule has 1 aliphatic carbocycles. The standard InChI is InChI=1S/C12H24N2O2/c1-9-5-6-12(7-9,8-13)16-10(2)11(15)14(3)4/h9-10H,5-8,13H2,1-4H3. The van der Waals surface area contributed by atoms with Gasteiger partial charge in [-0.3, -0.25) is 4.79 Å². The third-order valence-corrected chi connectivity index (χ3v) is 3.40. The Morgan fingerprint density at radius 3 is 2.62 bits per heavy atom. The molecule has 0 spiro atoms. The quantitative estimate of drug-likeness (QED) is 0.781. The highest BCUT2D eigenvalue weighted by Gasteiger charge is 2.39. The average Bonchev–Trinajstić information content (AvgIpc) is 2.59. The zero-order valence-corrected chi connectivity index (χ0v) is 10.8. The van der Waals surface area contributed by atoms with Gasteiger partial charge in [-0.25, -0.2) is 0 Å². The smallest absolute Gasteiger partial charge is 0.250 e. The minimum Gasteiger partial charge on any atom is -0.361 e. The fraction of sp³-hybridized carbons (Fsp3) is 0.917. The van der Waals surface area contributed by atoms with Crippen LogP contribution in [0.25, 0.3) is 0 Å². The van der Waals surface area contributed by atoms with Gasteiger partial charge in [0.25, 0.3) is 5.91 Å². The molecule has 94 valence electrons. The van der Waals surface area contributed by atoms with Gasteiger partial charge >= 0.3 is 0 Å². The van der Waals surface area contributed by atoms with Crippen LogP contribution in [0, 0.1) is 5.92 Å². The first-order chi connectivity index (χ1) is 7.40. The predicted molar refractivity (Wildman–Crippen MR) is 64.0 cm³/mol. The molecule has 1 aliphatic rings. The molecule has 0 heterocycles. The summed E-state index contributed by atoms with van der Waals surface area (Å²) in [5, 5.41) is 0. The van der Waals surface area contributed by atoms with E-state index in [0.717, 1.165) is 19.3 Å². The molecule has 0 aromatic carbocycles. The van der Waals surface area contributed by atoms with Crippen LogP contribution in [0.5, 0.6) is 0 Å². The number of ether oxygens (including phenoxy) is 1. The van der Waals surface area contributed by atoms with Gasteiger partial charge in [0.15, 0.2) is 0 Å². The molecule has 0 saturated heterocycles. The second-order valence-electron chi connectivity index (χ2n) is 5.23. The van der Waals surface area contributed by atoms with E-state index in [1.54, 1.807) is 19.0 Å². The van der Waals surface area contributed by atoms with Crippen LogP contribution in [0.2, 0.25) is 0 Å². The second kappa shape index (κ2) is 5.15. The number of amides is 1. The summed E-state index contributed by atoms with van der Waals surface area (Å²) in [6.07, 6.45) is 2.67. The lowest BCUT2D eigenvalue weighted by molar-refractivity contribution is -0.152. The van der Waals surface area contributed by atoms with Crippen molar-refractivity contribution in [2.75, 3.05) is 20.6 Å². The summed E-state index contributed by atoms with van der Waals surface area (Å²) in [6, 6.07) is 0. The monoisotopic (exact) mass is 228 g/mol. The molecule has 0 aromatic heterocycles. The molecule has 2 N–H and O–H groups in total. The second-order valence-corrected chi connectivity index (χ2v) is 5.23. The number of nitrogens with zero attached hydrogens (tertiary/aromatic N) is 1. The third-order valence-electron chi connectivity index (χ3n) is 3.40. The summed E-state index contributed by atoms with van der Waals surface area (Å²) >= 11 is 0. The van der Waals surface area contributed by atoms with E-state index in [4.69, 9.17) is 10.5 Å². The molecular formula is C12H24N2O2. The maximum absolute atomic E-state index is 11.7. The van der Waals surface area contributed by atoms with Crippen LogP contribution < -0.4 is 5.73 Å². The minimum atomic E-state index is -0.399. The van der Waals surface area contributed by atoms with Gasteiger partial charge in [0, 0.05) is 20.6 Å². The van der Waals surface area contributed by atoms with Gasteiger partial charge in [0.05, 0.1) is 5.60 Å². The highest BCUT2D eigenvalue weighted by atomic mass is 16.5. The molecule has 0 radical (unpaired) electrons. The van der Waals surface area contributed by atoms with Gasteiger partial charge in [0.1, 0.15) is 6.10 Å². The Morgan fingerprint density at radius 1 is 1.62 bits per heavy atom. The lowest BCUT2D eigenvalue weighted by atomic mass is 10.0. The number of carbonyl (C=O) groups is 1. The van der Waals surface area contributed by atoms with E-state index in [1.165, 1.54) is 0 Å². The summed E-state index contributed by atoms with van der Waals surface area (Å²) in [7, 11) is 3.49. The zero-order chi connectivity index (χ0) is 12.3. The van der Waals surface area contributed by atoms with Crippen molar-refractivity contribution in [2.45, 2.75) is 44.8 Å². The Hall–Kier alpha value is -0.610. The normalized spacial score (nSPS) is 31.4. The van der Waals surface area contributed by atoms with Crippen molar-refractivity contribution in [3.63, 3.8) is 0 Å². The van der Waals surface area contributed by atoms with E-state index in [-0.39, 0.29) is 11.5 Å². The highest BCUT2D eigenvalue weighted by molar-refractivity contribution is 5.80. The topological polar surface area (TPSA) is 55.6 Å². The Bertz CT molecular complexity index is 255. The number of hydrogen-bond acceptors (Lipinski definition) is 3. The van der Waals surface area contributed by atoms with E-state index in [9.17, 15) is 4.79 Å². The van der Waals surface area contributed by atoms with Crippen molar-refractivity contribution in [2.24, 2.45) is 11.7 Å². The van der Waals surface area contributed by atoms with Gasteiger partial charge in [-0.1, -0.05) is 6.92 Å². The summed E-state index contributed by atoms with van der Waals surface area (Å²) < 4.78 is 5.93. The van der Waals surface area contributed by atoms with Gasteiger partial charge < -0.3 is 15.4 Å². The van der Waals surface area contributed by atoms with Crippen molar-refractivity contribution >= 4 is 5.91 Å². The maximum Gasteiger partial charge on any atom is 0.250 e. The van der Waals surface area contributed by atoms with Crippen molar-refractivity contribution in [3.8, 4) is 0 Å². The largest absolute Gasteiger partial charge is 0.361 e. The molecule has 0 bridgehead atoms. The van der Waals surface area contributed by atoms with Crippen molar-refractivity contribution in [3.05, 3.63) is 0 Å². The Kier molecular flexibility index (Phi) is 4.33. The Morgan fingerprint density at radius 2 is 2.25 bits per heavy atom. The minimum absolute atomic E-state index is 0.00683. The van der Waals surface area contributed by atoms with Gasteiger partial charge in [-0.05, 0) is 32.1 Å². The first-order valence-corrected chi connectivity index (χ1v) is 5.99. The average molecular weight is 228 g/mol. The van der Waals surface area contributed by atoms with E-state index < -0.39 is 6.10 Å². The molecule has 3 unspecified atom stereocenters. The molecule has 3 atom stereocenters. The van der Waals surface area contributed by atoms with E-state index in [2.05, 4.69) is 6.92 Å². The first-order valence-electron chi connectivity index (χ1n) is 5.99. The summed E-state index contributed by atoms with van der Waals surface area (Å²) in [4.78, 5) is 13.3. The molecule has 4 nitrogen and oxygen atoms in total. The molecule has 0 aromatic rings. The summed E-state index contributed by atoms with van der Waals surface area (Å²) in [6.45, 7) is 4.52. The third kappa shape index (κ3) is 2.95. The summed E-state index contributed by atoms with van der Waals surface area (Å²) in [5.74, 6) is 0.651. The molecule has 1 rings (SSSR count). The zero-order valence-electron chi connectivity index (χ0n) is 10.8. The van der Waals surface area contributed by atoms with E-state index in [0.29, 0.717) is 12.5 Å². The first kappa shape index (κ1) is 13.5. The number of hydrogen-bond donors (Lipinski definition) is 1. The van der Waals surface area contributed by atoms with E-state index in [1.807, 2.05) is 6.92 Å². The molecule has 0 aliphatic heterocycles. The Labute approximate surface area is 98.1 Å². The maximum atomic E-state index is 11.7. The molecule has 1 fully saturated rings. The SMILES string of the molecule is CC1CCC(CN)(OC(C)C(=O)N(C)C)C1. The van der Waals surface area contributed by atoms with Crippen LogP contribution >= 0.6 is 0 Å². The fourth-order valence-corrected chi connectivity index (χ4v) is 2.48. The molecule has 1 saturated carbocycles. The van der Waals surface area contributed by atoms with Crippen LogP contribution in [-0.2, 0) is 9.53 Å². The van der Waals surface area contributed by atoms with Gasteiger partial charge in [0.2, 0.25) is 0 Å². The molecule has 4 heteroatoms. The molecular weight excluding hydrogens is 204 g/mol. The van der Waals surface area contributed by atoms with Crippen LogP contribution in [-0.4, -0.2) is 43.2 Å². The number of nitrogens with two attached hydrogens (primary N) is 1. The van der Waals surface area contributed by atoms with Gasteiger partial charge in [-0.2, -0.15) is 0 Å². The predicted octanol–water partition coefficient (Wildman–Crippen LogP) is 0.997. The van der Waals surface area contributed by atoms with Crippen LogP contribution in [0.3, 0.4) is 0 Å². The van der Waals surface area contributed by atoms with Crippen LogP contribution in [0.15, 0.2) is 0 Å². The van der Waals surface area contributed by atoms with Crippen molar-refractivity contribution in [1.82, 2.24) is 4.90 Å². The molecule has 16 heavy (non-hydrogen) atoms. The number of carbonyl (C=O) groups excluding carboxylic acids is 1. The number of rotatable bonds is 4. The van der Waals surface area contributed by atoms with E-state index >= 15 is 0 Å². The fourth-order valence-electron chi connectivity index (χ4n) is 2.48. The van der Waals surface area contributed by atoms with Crippen molar-refractivity contribution in [1.29, 1.82) is 0 Å². The van der Waals surface area contributed by atoms with Crippen LogP contribution in [0.1, 0.15) is 33.1 Å². The van der Waals surface area contributed by atoms with Crippen LogP contribution in [0.4, 0.5) is 0 Å². The summed E-state index contributed by atoms with van der Waals surface area (Å²) in [5.41, 5.74) is 5.53. The lowest BCUT2D eigenvalue weighted by Crippen LogP contribution is -2.45. The lowest BCUT2D eigenvalue weighted by Gasteiger charge is -2.32. The van der Waals surface area contributed by atoms with Crippen molar-refractivity contribution < 1.29 is 9.53 Å². The Balaban J connectivity index is 2.60. The van der Waals surface area contributed by atoms with Gasteiger partial charge in [-0.15, -0.1) is 0 Å². The molecule has 1 amide bonds. The number of likely N-dealkylation sites (N-methyl/N-ethyl adjacent to an activating group) is 1.